The predicted octanol–water partition coefficient (Wildman–Crippen LogP) is 2.73. The largest absolute Gasteiger partial charge is 0.353 e. The Morgan fingerprint density at radius 1 is 1.47 bits per heavy atom. The summed E-state index contributed by atoms with van der Waals surface area (Å²) in [5.41, 5.74) is 1.27. The molecule has 0 saturated heterocycles. The van der Waals surface area contributed by atoms with Gasteiger partial charge in [-0.05, 0) is 44.0 Å². The molecule has 1 fully saturated rings. The van der Waals surface area contributed by atoms with Crippen molar-refractivity contribution in [3.8, 4) is 0 Å². The van der Waals surface area contributed by atoms with E-state index >= 15 is 0 Å². The first-order chi connectivity index (χ1) is 9.19. The molecule has 1 aromatic rings. The summed E-state index contributed by atoms with van der Waals surface area (Å²) in [5, 5.41) is 6.41. The van der Waals surface area contributed by atoms with Crippen LogP contribution in [-0.4, -0.2) is 24.2 Å². The van der Waals surface area contributed by atoms with Gasteiger partial charge in [-0.3, -0.25) is 4.79 Å². The van der Waals surface area contributed by atoms with Crippen LogP contribution in [0.3, 0.4) is 0 Å². The average molecular weight is 278 g/mol. The van der Waals surface area contributed by atoms with Crippen molar-refractivity contribution in [1.82, 2.24) is 10.6 Å². The lowest BCUT2D eigenvalue weighted by molar-refractivity contribution is -0.118. The lowest BCUT2D eigenvalue weighted by atomic mass is 10.1. The maximum atomic E-state index is 11.6. The Morgan fingerprint density at radius 2 is 2.26 bits per heavy atom. The SMILES string of the molecule is CCNC(C)c1cccc(SCC(=O)NC2CC2)c1. The first kappa shape index (κ1) is 14.4. The number of hydrogen-bond donors (Lipinski definition) is 2. The van der Waals surface area contributed by atoms with Gasteiger partial charge in [0.15, 0.2) is 0 Å². The van der Waals surface area contributed by atoms with E-state index in [1.165, 1.54) is 5.56 Å². The van der Waals surface area contributed by atoms with Gasteiger partial charge in [0.2, 0.25) is 5.91 Å². The fourth-order valence-electron chi connectivity index (χ4n) is 1.94. The number of hydrogen-bond acceptors (Lipinski definition) is 3. The Hall–Kier alpha value is -1.00. The Morgan fingerprint density at radius 3 is 2.95 bits per heavy atom. The van der Waals surface area contributed by atoms with Crippen LogP contribution < -0.4 is 10.6 Å². The van der Waals surface area contributed by atoms with Crippen molar-refractivity contribution in [3.05, 3.63) is 29.8 Å². The molecule has 2 rings (SSSR count). The number of benzene rings is 1. The van der Waals surface area contributed by atoms with Crippen LogP contribution in [0.2, 0.25) is 0 Å². The van der Waals surface area contributed by atoms with Gasteiger partial charge < -0.3 is 10.6 Å². The summed E-state index contributed by atoms with van der Waals surface area (Å²) in [6.45, 7) is 5.23. The van der Waals surface area contributed by atoms with E-state index in [1.807, 2.05) is 0 Å². The normalized spacial score (nSPS) is 16.1. The maximum Gasteiger partial charge on any atom is 0.230 e. The second kappa shape index (κ2) is 6.96. The van der Waals surface area contributed by atoms with Gasteiger partial charge in [-0.15, -0.1) is 11.8 Å². The smallest absolute Gasteiger partial charge is 0.230 e. The van der Waals surface area contributed by atoms with Gasteiger partial charge in [0.25, 0.3) is 0 Å². The van der Waals surface area contributed by atoms with Gasteiger partial charge in [0.1, 0.15) is 0 Å². The molecule has 1 aliphatic carbocycles. The van der Waals surface area contributed by atoms with Gasteiger partial charge in [-0.1, -0.05) is 19.1 Å². The molecule has 3 nitrogen and oxygen atoms in total. The van der Waals surface area contributed by atoms with Gasteiger partial charge in [0, 0.05) is 17.0 Å². The zero-order valence-electron chi connectivity index (χ0n) is 11.6. The van der Waals surface area contributed by atoms with Crippen molar-refractivity contribution in [3.63, 3.8) is 0 Å². The van der Waals surface area contributed by atoms with Gasteiger partial charge in [-0.25, -0.2) is 0 Å². The minimum Gasteiger partial charge on any atom is -0.353 e. The van der Waals surface area contributed by atoms with E-state index < -0.39 is 0 Å². The number of carbonyl (C=O) groups is 1. The number of nitrogens with one attached hydrogen (secondary N) is 2. The van der Waals surface area contributed by atoms with Crippen molar-refractivity contribution < 1.29 is 4.79 Å². The summed E-state index contributed by atoms with van der Waals surface area (Å²) < 4.78 is 0. The van der Waals surface area contributed by atoms with Crippen molar-refractivity contribution in [2.75, 3.05) is 12.3 Å². The molecule has 1 amide bonds. The molecule has 1 saturated carbocycles. The molecule has 1 atom stereocenters. The molecular formula is C15H22N2OS. The summed E-state index contributed by atoms with van der Waals surface area (Å²) in [4.78, 5) is 12.8. The second-order valence-corrected chi connectivity index (χ2v) is 6.03. The first-order valence-electron chi connectivity index (χ1n) is 6.94. The van der Waals surface area contributed by atoms with E-state index in [9.17, 15) is 4.79 Å². The second-order valence-electron chi connectivity index (χ2n) is 4.98. The molecule has 0 heterocycles. The summed E-state index contributed by atoms with van der Waals surface area (Å²) in [7, 11) is 0. The summed E-state index contributed by atoms with van der Waals surface area (Å²) >= 11 is 1.61. The molecule has 0 spiro atoms. The zero-order chi connectivity index (χ0) is 13.7. The van der Waals surface area contributed by atoms with Crippen LogP contribution in [0.15, 0.2) is 29.2 Å². The molecule has 1 aliphatic rings. The van der Waals surface area contributed by atoms with Crippen molar-refractivity contribution in [2.45, 2.75) is 43.7 Å². The number of rotatable bonds is 7. The average Bonchev–Trinajstić information content (AvgIpc) is 3.21. The zero-order valence-corrected chi connectivity index (χ0v) is 12.4. The van der Waals surface area contributed by atoms with Crippen LogP contribution in [0.25, 0.3) is 0 Å². The Kier molecular flexibility index (Phi) is 5.28. The van der Waals surface area contributed by atoms with Gasteiger partial charge in [-0.2, -0.15) is 0 Å². The molecule has 4 heteroatoms. The molecule has 0 aliphatic heterocycles. The topological polar surface area (TPSA) is 41.1 Å². The maximum absolute atomic E-state index is 11.6. The first-order valence-corrected chi connectivity index (χ1v) is 7.93. The summed E-state index contributed by atoms with van der Waals surface area (Å²) in [6.07, 6.45) is 2.29. The summed E-state index contributed by atoms with van der Waals surface area (Å²) in [5.74, 6) is 0.660. The molecule has 2 N–H and O–H groups in total. The monoisotopic (exact) mass is 278 g/mol. The third kappa shape index (κ3) is 4.88. The van der Waals surface area contributed by atoms with Crippen LogP contribution in [-0.2, 0) is 4.79 Å². The van der Waals surface area contributed by atoms with Crippen molar-refractivity contribution in [1.29, 1.82) is 0 Å². The third-order valence-corrected chi connectivity index (χ3v) is 4.17. The van der Waals surface area contributed by atoms with Crippen LogP contribution in [0, 0.1) is 0 Å². The highest BCUT2D eigenvalue weighted by molar-refractivity contribution is 8.00. The van der Waals surface area contributed by atoms with Crippen LogP contribution >= 0.6 is 11.8 Å². The number of carbonyl (C=O) groups excluding carboxylic acids is 1. The fraction of sp³-hybridized carbons (Fsp3) is 0.533. The predicted molar refractivity (Wildman–Crippen MR) is 80.4 cm³/mol. The van der Waals surface area contributed by atoms with Crippen LogP contribution in [0.5, 0.6) is 0 Å². The quantitative estimate of drug-likeness (QED) is 0.754. The van der Waals surface area contributed by atoms with Crippen molar-refractivity contribution in [2.24, 2.45) is 0 Å². The Bertz CT molecular complexity index is 432. The third-order valence-electron chi connectivity index (χ3n) is 3.18. The lowest BCUT2D eigenvalue weighted by Gasteiger charge is -2.13. The minimum absolute atomic E-state index is 0.151. The number of amides is 1. The van der Waals surface area contributed by atoms with Crippen LogP contribution in [0.4, 0.5) is 0 Å². The van der Waals surface area contributed by atoms with E-state index in [2.05, 4.69) is 48.7 Å². The highest BCUT2D eigenvalue weighted by Gasteiger charge is 2.22. The Labute approximate surface area is 119 Å². The van der Waals surface area contributed by atoms with Gasteiger partial charge in [0.05, 0.1) is 5.75 Å². The van der Waals surface area contributed by atoms with E-state index in [0.717, 1.165) is 24.3 Å². The Balaban J connectivity index is 1.85. The van der Waals surface area contributed by atoms with E-state index in [-0.39, 0.29) is 5.91 Å². The van der Waals surface area contributed by atoms with Gasteiger partial charge >= 0.3 is 0 Å². The minimum atomic E-state index is 0.151. The lowest BCUT2D eigenvalue weighted by Crippen LogP contribution is -2.26. The highest BCUT2D eigenvalue weighted by atomic mass is 32.2. The molecule has 0 aromatic heterocycles. The molecule has 0 bridgehead atoms. The molecule has 1 unspecified atom stereocenters. The molecule has 0 radical (unpaired) electrons. The van der Waals surface area contributed by atoms with E-state index in [0.29, 0.717) is 17.8 Å². The fourth-order valence-corrected chi connectivity index (χ4v) is 2.72. The molecule has 19 heavy (non-hydrogen) atoms. The van der Waals surface area contributed by atoms with E-state index in [4.69, 9.17) is 0 Å². The molecule has 104 valence electrons. The van der Waals surface area contributed by atoms with E-state index in [1.54, 1.807) is 11.8 Å². The highest BCUT2D eigenvalue weighted by Crippen LogP contribution is 2.23. The van der Waals surface area contributed by atoms with Crippen LogP contribution in [0.1, 0.15) is 38.3 Å². The van der Waals surface area contributed by atoms with Crippen molar-refractivity contribution >= 4 is 17.7 Å². The standard InChI is InChI=1S/C15H22N2OS/c1-3-16-11(2)12-5-4-6-14(9-12)19-10-15(18)17-13-7-8-13/h4-6,9,11,13,16H,3,7-8,10H2,1-2H3,(H,17,18). The molecule has 1 aromatic carbocycles. The summed E-state index contributed by atoms with van der Waals surface area (Å²) in [6, 6.07) is 9.23. The number of thioether (sulfide) groups is 1. The molecular weight excluding hydrogens is 256 g/mol.